The molecule has 0 N–H and O–H groups in total. The quantitative estimate of drug-likeness (QED) is 0.173. The molecule has 3 heterocycles. The lowest BCUT2D eigenvalue weighted by molar-refractivity contribution is 0.670. The van der Waals surface area contributed by atoms with Crippen molar-refractivity contribution in [1.82, 2.24) is 9.13 Å². The molecule has 0 aliphatic heterocycles. The molecule has 12 aromatic rings. The summed E-state index contributed by atoms with van der Waals surface area (Å²) in [7, 11) is 0. The van der Waals surface area contributed by atoms with Gasteiger partial charge in [0.15, 0.2) is 0 Å². The van der Waals surface area contributed by atoms with Gasteiger partial charge in [-0.25, -0.2) is 0 Å². The van der Waals surface area contributed by atoms with Crippen molar-refractivity contribution in [3.63, 3.8) is 0 Å². The average Bonchev–Trinajstić information content (AvgIpc) is 3.94. The lowest BCUT2D eigenvalue weighted by atomic mass is 9.95. The number of fused-ring (bicyclic) bond motifs is 9. The van der Waals surface area contributed by atoms with Crippen molar-refractivity contribution in [3.05, 3.63) is 206 Å². The molecule has 0 saturated heterocycles. The Balaban J connectivity index is 1.02. The standard InChI is InChI=1S/C54H34N2O/c1-3-14-35(15-4-1)39-33-45(54-48(34-39)44-22-9-12-25-53(44)57-54)38-16-13-19-41(30-38)56-50-24-11-8-21-43(50)47-32-37(27-29-52(47)56)36-26-28-51-46(31-36)42-20-7-10-23-49(42)55(51)40-17-5-2-6-18-40/h1-34H. The minimum atomic E-state index is 0.898. The normalized spacial score (nSPS) is 11.9. The van der Waals surface area contributed by atoms with Gasteiger partial charge < -0.3 is 13.6 Å². The fraction of sp³-hybridized carbons (Fsp3) is 0. The second-order valence-electron chi connectivity index (χ2n) is 14.9. The molecule has 57 heavy (non-hydrogen) atoms. The molecule has 0 amide bonds. The van der Waals surface area contributed by atoms with Crippen LogP contribution in [0.3, 0.4) is 0 Å². The fourth-order valence-electron chi connectivity index (χ4n) is 9.09. The Morgan fingerprint density at radius 3 is 1.47 bits per heavy atom. The average molecular weight is 727 g/mol. The van der Waals surface area contributed by atoms with Crippen LogP contribution in [0.25, 0.3) is 110 Å². The van der Waals surface area contributed by atoms with Gasteiger partial charge in [-0.05, 0) is 107 Å². The van der Waals surface area contributed by atoms with Crippen LogP contribution in [0.2, 0.25) is 0 Å². The first-order chi connectivity index (χ1) is 28.3. The lowest BCUT2D eigenvalue weighted by Crippen LogP contribution is -1.94. The minimum absolute atomic E-state index is 0.898. The van der Waals surface area contributed by atoms with Crippen LogP contribution in [0.1, 0.15) is 0 Å². The molecule has 0 aliphatic rings. The summed E-state index contributed by atoms with van der Waals surface area (Å²) in [4.78, 5) is 0. The number of nitrogens with zero attached hydrogens (tertiary/aromatic N) is 2. The van der Waals surface area contributed by atoms with Crippen LogP contribution in [-0.4, -0.2) is 9.13 Å². The Bertz CT molecular complexity index is 3510. The molecular weight excluding hydrogens is 693 g/mol. The molecule has 0 fully saturated rings. The largest absolute Gasteiger partial charge is 0.455 e. The zero-order valence-corrected chi connectivity index (χ0v) is 30.9. The SMILES string of the molecule is c1ccc(-c2cc(-c3cccc(-n4c5ccccc5c5cc(-c6ccc7c(c6)c6ccccc6n7-c6ccccc6)ccc54)c3)c3oc4ccccc4c3c2)cc1. The van der Waals surface area contributed by atoms with Gasteiger partial charge in [0.1, 0.15) is 11.2 Å². The second kappa shape index (κ2) is 12.5. The van der Waals surface area contributed by atoms with Crippen LogP contribution in [0.15, 0.2) is 211 Å². The first-order valence-electron chi connectivity index (χ1n) is 19.5. The molecule has 0 spiro atoms. The summed E-state index contributed by atoms with van der Waals surface area (Å²) in [6.07, 6.45) is 0. The number of para-hydroxylation sites is 4. The third kappa shape index (κ3) is 4.92. The highest BCUT2D eigenvalue weighted by Crippen LogP contribution is 2.42. The lowest BCUT2D eigenvalue weighted by Gasteiger charge is -2.12. The summed E-state index contributed by atoms with van der Waals surface area (Å²) in [5.74, 6) is 0. The van der Waals surface area contributed by atoms with Gasteiger partial charge in [-0.15, -0.1) is 0 Å². The van der Waals surface area contributed by atoms with Crippen LogP contribution in [-0.2, 0) is 0 Å². The van der Waals surface area contributed by atoms with Crippen LogP contribution < -0.4 is 0 Å². The summed E-state index contributed by atoms with van der Waals surface area (Å²) in [5.41, 5.74) is 15.8. The van der Waals surface area contributed by atoms with Crippen molar-refractivity contribution >= 4 is 65.6 Å². The molecule has 9 aromatic carbocycles. The number of furan rings is 1. The zero-order valence-electron chi connectivity index (χ0n) is 30.9. The van der Waals surface area contributed by atoms with Crippen molar-refractivity contribution < 1.29 is 4.42 Å². The molecule has 0 bridgehead atoms. The van der Waals surface area contributed by atoms with E-state index in [1.807, 2.05) is 6.07 Å². The monoisotopic (exact) mass is 726 g/mol. The van der Waals surface area contributed by atoms with Crippen molar-refractivity contribution in [3.8, 4) is 44.8 Å². The van der Waals surface area contributed by atoms with Gasteiger partial charge in [0, 0.05) is 49.3 Å². The smallest absolute Gasteiger partial charge is 0.143 e. The van der Waals surface area contributed by atoms with E-state index < -0.39 is 0 Å². The predicted molar refractivity (Wildman–Crippen MR) is 239 cm³/mol. The Morgan fingerprint density at radius 1 is 0.281 bits per heavy atom. The second-order valence-corrected chi connectivity index (χ2v) is 14.9. The van der Waals surface area contributed by atoms with E-state index in [1.54, 1.807) is 0 Å². The highest BCUT2D eigenvalue weighted by Gasteiger charge is 2.19. The molecule has 0 aliphatic carbocycles. The summed E-state index contributed by atoms with van der Waals surface area (Å²) in [6.45, 7) is 0. The summed E-state index contributed by atoms with van der Waals surface area (Å²) in [5, 5.41) is 7.21. The third-order valence-electron chi connectivity index (χ3n) is 11.7. The maximum atomic E-state index is 6.62. The zero-order chi connectivity index (χ0) is 37.5. The summed E-state index contributed by atoms with van der Waals surface area (Å²) < 4.78 is 11.4. The molecule has 0 radical (unpaired) electrons. The van der Waals surface area contributed by atoms with E-state index in [0.29, 0.717) is 0 Å². The Labute approximate surface area is 328 Å². The number of hydrogen-bond donors (Lipinski definition) is 0. The third-order valence-corrected chi connectivity index (χ3v) is 11.7. The number of hydrogen-bond acceptors (Lipinski definition) is 1. The van der Waals surface area contributed by atoms with Crippen LogP contribution in [0, 0.1) is 0 Å². The van der Waals surface area contributed by atoms with E-state index in [2.05, 4.69) is 209 Å². The van der Waals surface area contributed by atoms with Crippen LogP contribution in [0.4, 0.5) is 0 Å². The maximum Gasteiger partial charge on any atom is 0.143 e. The molecule has 266 valence electrons. The molecule has 3 aromatic heterocycles. The number of aromatic nitrogens is 2. The number of rotatable bonds is 5. The Hall–Kier alpha value is -7.62. The molecule has 0 saturated carbocycles. The van der Waals surface area contributed by atoms with Gasteiger partial charge in [0.05, 0.1) is 22.1 Å². The van der Waals surface area contributed by atoms with Crippen LogP contribution >= 0.6 is 0 Å². The highest BCUT2D eigenvalue weighted by molar-refractivity contribution is 6.14. The Kier molecular flexibility index (Phi) is 6.93. The predicted octanol–water partition coefficient (Wildman–Crippen LogP) is 14.8. The van der Waals surface area contributed by atoms with Gasteiger partial charge in [-0.1, -0.05) is 127 Å². The Morgan fingerprint density at radius 2 is 0.789 bits per heavy atom. The van der Waals surface area contributed by atoms with E-state index in [-0.39, 0.29) is 0 Å². The van der Waals surface area contributed by atoms with Crippen molar-refractivity contribution in [2.45, 2.75) is 0 Å². The fourth-order valence-corrected chi connectivity index (χ4v) is 9.09. The highest BCUT2D eigenvalue weighted by atomic mass is 16.3. The molecular formula is C54H34N2O. The molecule has 0 atom stereocenters. The van der Waals surface area contributed by atoms with E-state index in [4.69, 9.17) is 4.42 Å². The van der Waals surface area contributed by atoms with Gasteiger partial charge in [-0.2, -0.15) is 0 Å². The minimum Gasteiger partial charge on any atom is -0.455 e. The molecule has 3 nitrogen and oxygen atoms in total. The molecule has 12 rings (SSSR count). The van der Waals surface area contributed by atoms with E-state index in [9.17, 15) is 0 Å². The van der Waals surface area contributed by atoms with Crippen LogP contribution in [0.5, 0.6) is 0 Å². The van der Waals surface area contributed by atoms with Crippen molar-refractivity contribution in [2.24, 2.45) is 0 Å². The first-order valence-corrected chi connectivity index (χ1v) is 19.5. The van der Waals surface area contributed by atoms with Gasteiger partial charge >= 0.3 is 0 Å². The van der Waals surface area contributed by atoms with E-state index >= 15 is 0 Å². The van der Waals surface area contributed by atoms with Crippen molar-refractivity contribution in [1.29, 1.82) is 0 Å². The van der Waals surface area contributed by atoms with Gasteiger partial charge in [0.2, 0.25) is 0 Å². The topological polar surface area (TPSA) is 23.0 Å². The number of benzene rings is 9. The molecule has 3 heteroatoms. The maximum absolute atomic E-state index is 6.62. The molecule has 0 unspecified atom stereocenters. The van der Waals surface area contributed by atoms with Crippen molar-refractivity contribution in [2.75, 3.05) is 0 Å². The summed E-state index contributed by atoms with van der Waals surface area (Å²) in [6, 6.07) is 74.4. The van der Waals surface area contributed by atoms with Gasteiger partial charge in [0.25, 0.3) is 0 Å². The van der Waals surface area contributed by atoms with E-state index in [0.717, 1.165) is 38.8 Å². The first kappa shape index (κ1) is 31.7. The van der Waals surface area contributed by atoms with E-state index in [1.165, 1.54) is 71.6 Å². The van der Waals surface area contributed by atoms with Gasteiger partial charge in [-0.3, -0.25) is 0 Å². The summed E-state index contributed by atoms with van der Waals surface area (Å²) >= 11 is 0.